The van der Waals surface area contributed by atoms with Gasteiger partial charge in [0.2, 0.25) is 10.0 Å². The van der Waals surface area contributed by atoms with Crippen LogP contribution < -0.4 is 10.5 Å². The zero-order chi connectivity index (χ0) is 14.0. The molecule has 20 heavy (non-hydrogen) atoms. The van der Waals surface area contributed by atoms with Crippen molar-refractivity contribution < 1.29 is 13.2 Å². The molecule has 1 fully saturated rings. The van der Waals surface area contributed by atoms with E-state index in [0.29, 0.717) is 29.9 Å². The van der Waals surface area contributed by atoms with Crippen LogP contribution in [0.1, 0.15) is 6.42 Å². The van der Waals surface area contributed by atoms with E-state index in [1.54, 1.807) is 18.2 Å². The van der Waals surface area contributed by atoms with Crippen molar-refractivity contribution in [2.24, 2.45) is 11.7 Å². The minimum absolute atomic E-state index is 0. The molecule has 2 rings (SSSR count). The van der Waals surface area contributed by atoms with Crippen LogP contribution >= 0.6 is 28.3 Å². The van der Waals surface area contributed by atoms with Crippen LogP contribution in [0, 0.1) is 5.92 Å². The molecule has 0 aromatic heterocycles. The summed E-state index contributed by atoms with van der Waals surface area (Å²) in [5.74, 6) is 0.604. The van der Waals surface area contributed by atoms with Gasteiger partial charge in [-0.2, -0.15) is 4.31 Å². The zero-order valence-corrected chi connectivity index (χ0v) is 14.3. The lowest BCUT2D eigenvalue weighted by Gasteiger charge is -2.18. The van der Waals surface area contributed by atoms with E-state index in [-0.39, 0.29) is 23.2 Å². The van der Waals surface area contributed by atoms with E-state index in [4.69, 9.17) is 10.5 Å². The normalized spacial score (nSPS) is 19.6. The summed E-state index contributed by atoms with van der Waals surface area (Å²) in [4.78, 5) is 0.196. The Labute approximate surface area is 134 Å². The molecule has 0 aliphatic carbocycles. The number of methoxy groups -OCH3 is 1. The number of hydrogen-bond acceptors (Lipinski definition) is 4. The van der Waals surface area contributed by atoms with Gasteiger partial charge in [-0.15, -0.1) is 12.4 Å². The van der Waals surface area contributed by atoms with Crippen LogP contribution in [0.25, 0.3) is 0 Å². The van der Waals surface area contributed by atoms with Gasteiger partial charge >= 0.3 is 0 Å². The first-order valence-electron chi connectivity index (χ1n) is 6.02. The fourth-order valence-corrected chi connectivity index (χ4v) is 4.42. The van der Waals surface area contributed by atoms with Crippen molar-refractivity contribution in [3.63, 3.8) is 0 Å². The van der Waals surface area contributed by atoms with E-state index in [9.17, 15) is 8.42 Å². The van der Waals surface area contributed by atoms with Gasteiger partial charge < -0.3 is 10.5 Å². The fourth-order valence-electron chi connectivity index (χ4n) is 2.20. The standard InChI is InChI=1S/C12H17BrN2O3S.ClH/c1-18-11-3-2-10(13)6-12(11)19(16,17)15-5-4-9(7-14)8-15;/h2-3,6,9H,4-5,7-8,14H2,1H3;1H. The highest BCUT2D eigenvalue weighted by Gasteiger charge is 2.33. The van der Waals surface area contributed by atoms with E-state index in [0.717, 1.165) is 6.42 Å². The molecule has 8 heteroatoms. The van der Waals surface area contributed by atoms with Crippen molar-refractivity contribution in [3.05, 3.63) is 22.7 Å². The maximum absolute atomic E-state index is 12.6. The summed E-state index contributed by atoms with van der Waals surface area (Å²) in [5.41, 5.74) is 5.60. The third-order valence-corrected chi connectivity index (χ3v) is 5.70. The lowest BCUT2D eigenvalue weighted by Crippen LogP contribution is -2.30. The summed E-state index contributed by atoms with van der Waals surface area (Å²) in [6.45, 7) is 1.51. The van der Waals surface area contributed by atoms with Gasteiger partial charge in [0.15, 0.2) is 0 Å². The maximum Gasteiger partial charge on any atom is 0.246 e. The highest BCUT2D eigenvalue weighted by Crippen LogP contribution is 2.32. The Balaban J connectivity index is 0.00000200. The second-order valence-corrected chi connectivity index (χ2v) is 7.37. The van der Waals surface area contributed by atoms with E-state index in [2.05, 4.69) is 15.9 Å². The van der Waals surface area contributed by atoms with Crippen LogP contribution in [0.5, 0.6) is 5.75 Å². The Morgan fingerprint density at radius 2 is 2.20 bits per heavy atom. The molecule has 2 N–H and O–H groups in total. The molecular weight excluding hydrogens is 368 g/mol. The summed E-state index contributed by atoms with van der Waals surface area (Å²) in [5, 5.41) is 0. The average molecular weight is 386 g/mol. The van der Waals surface area contributed by atoms with Crippen LogP contribution in [0.15, 0.2) is 27.6 Å². The second kappa shape index (κ2) is 7.09. The van der Waals surface area contributed by atoms with Crippen molar-refractivity contribution in [1.29, 1.82) is 0 Å². The molecule has 1 unspecified atom stereocenters. The molecule has 1 saturated heterocycles. The highest BCUT2D eigenvalue weighted by atomic mass is 79.9. The molecule has 0 radical (unpaired) electrons. The van der Waals surface area contributed by atoms with Crippen molar-refractivity contribution >= 4 is 38.4 Å². The van der Waals surface area contributed by atoms with Crippen LogP contribution in [0.2, 0.25) is 0 Å². The Morgan fingerprint density at radius 3 is 2.75 bits per heavy atom. The van der Waals surface area contributed by atoms with Crippen LogP contribution in [0.3, 0.4) is 0 Å². The lowest BCUT2D eigenvalue weighted by atomic mass is 10.1. The fraction of sp³-hybridized carbons (Fsp3) is 0.500. The smallest absolute Gasteiger partial charge is 0.246 e. The van der Waals surface area contributed by atoms with Crippen LogP contribution in [-0.4, -0.2) is 39.5 Å². The Bertz CT molecular complexity index is 568. The van der Waals surface area contributed by atoms with Crippen LogP contribution in [0.4, 0.5) is 0 Å². The van der Waals surface area contributed by atoms with Gasteiger partial charge in [0.1, 0.15) is 10.6 Å². The number of benzene rings is 1. The molecule has 0 saturated carbocycles. The molecular formula is C12H18BrClN2O3S. The first kappa shape index (κ1) is 17.7. The summed E-state index contributed by atoms with van der Waals surface area (Å²) in [6, 6.07) is 4.97. The third-order valence-electron chi connectivity index (χ3n) is 3.33. The SMILES string of the molecule is COc1ccc(Br)cc1S(=O)(=O)N1CCC(CN)C1.Cl. The minimum Gasteiger partial charge on any atom is -0.495 e. The van der Waals surface area contributed by atoms with Crippen molar-refractivity contribution in [1.82, 2.24) is 4.31 Å². The van der Waals surface area contributed by atoms with Crippen molar-refractivity contribution in [2.45, 2.75) is 11.3 Å². The number of rotatable bonds is 4. The first-order valence-corrected chi connectivity index (χ1v) is 8.26. The monoisotopic (exact) mass is 384 g/mol. The number of hydrogen-bond donors (Lipinski definition) is 1. The van der Waals surface area contributed by atoms with Gasteiger partial charge in [-0.25, -0.2) is 8.42 Å². The molecule has 1 aliphatic rings. The summed E-state index contributed by atoms with van der Waals surface area (Å²) >= 11 is 3.29. The largest absolute Gasteiger partial charge is 0.495 e. The van der Waals surface area contributed by atoms with E-state index < -0.39 is 10.0 Å². The van der Waals surface area contributed by atoms with Gasteiger partial charge in [0, 0.05) is 17.6 Å². The molecule has 114 valence electrons. The van der Waals surface area contributed by atoms with Gasteiger partial charge in [0.25, 0.3) is 0 Å². The maximum atomic E-state index is 12.6. The molecule has 0 amide bonds. The third kappa shape index (κ3) is 3.46. The summed E-state index contributed by atoms with van der Waals surface area (Å²) in [7, 11) is -2.06. The Morgan fingerprint density at radius 1 is 1.50 bits per heavy atom. The predicted octanol–water partition coefficient (Wildman–Crippen LogP) is 1.85. The van der Waals surface area contributed by atoms with Gasteiger partial charge in [-0.3, -0.25) is 0 Å². The Kier molecular flexibility index (Phi) is 6.27. The van der Waals surface area contributed by atoms with Gasteiger partial charge in [-0.1, -0.05) is 15.9 Å². The molecule has 1 aliphatic heterocycles. The number of ether oxygens (including phenoxy) is 1. The predicted molar refractivity (Wildman–Crippen MR) is 83.9 cm³/mol. The van der Waals surface area contributed by atoms with Gasteiger partial charge in [0.05, 0.1) is 7.11 Å². The second-order valence-electron chi connectivity index (χ2n) is 4.55. The summed E-state index contributed by atoms with van der Waals surface area (Å²) < 4.78 is 32.6. The molecule has 1 aromatic rings. The van der Waals surface area contributed by atoms with E-state index in [1.165, 1.54) is 11.4 Å². The lowest BCUT2D eigenvalue weighted by molar-refractivity contribution is 0.397. The number of nitrogens with zero attached hydrogens (tertiary/aromatic N) is 1. The number of sulfonamides is 1. The summed E-state index contributed by atoms with van der Waals surface area (Å²) in [6.07, 6.45) is 0.812. The van der Waals surface area contributed by atoms with Gasteiger partial charge in [-0.05, 0) is 37.1 Å². The molecule has 5 nitrogen and oxygen atoms in total. The Hall–Kier alpha value is -0.340. The minimum atomic E-state index is -3.52. The number of halogens is 2. The zero-order valence-electron chi connectivity index (χ0n) is 11.1. The molecule has 1 aromatic carbocycles. The number of nitrogens with two attached hydrogens (primary N) is 1. The quantitative estimate of drug-likeness (QED) is 0.858. The molecule has 0 spiro atoms. The first-order chi connectivity index (χ1) is 8.98. The molecule has 0 bridgehead atoms. The van der Waals surface area contributed by atoms with Crippen molar-refractivity contribution in [2.75, 3.05) is 26.7 Å². The highest BCUT2D eigenvalue weighted by molar-refractivity contribution is 9.10. The van der Waals surface area contributed by atoms with Crippen LogP contribution in [-0.2, 0) is 10.0 Å². The average Bonchev–Trinajstić information content (AvgIpc) is 2.88. The van der Waals surface area contributed by atoms with E-state index >= 15 is 0 Å². The molecule has 1 heterocycles. The molecule has 1 atom stereocenters. The van der Waals surface area contributed by atoms with Crippen molar-refractivity contribution in [3.8, 4) is 5.75 Å². The topological polar surface area (TPSA) is 72.6 Å². The van der Waals surface area contributed by atoms with E-state index in [1.807, 2.05) is 0 Å².